The first-order valence-electron chi connectivity index (χ1n) is 6.70. The Labute approximate surface area is 119 Å². The normalized spacial score (nSPS) is 10.6. The maximum atomic E-state index is 12.4. The van der Waals surface area contributed by atoms with Crippen LogP contribution in [0.25, 0.3) is 0 Å². The lowest BCUT2D eigenvalue weighted by molar-refractivity contribution is 0.0752. The molecule has 0 spiro atoms. The van der Waals surface area contributed by atoms with Crippen molar-refractivity contribution in [3.8, 4) is 0 Å². The number of carbonyl (C=O) groups is 1. The first kappa shape index (κ1) is 14.3. The summed E-state index contributed by atoms with van der Waals surface area (Å²) in [7, 11) is 1.80. The van der Waals surface area contributed by atoms with E-state index in [9.17, 15) is 4.79 Å². The zero-order chi connectivity index (χ0) is 14.5. The SMILES string of the molecule is CCN(Cc1ccccc1CN)C(=O)c1cnn(C)c1. The smallest absolute Gasteiger partial charge is 0.257 e. The molecule has 2 rings (SSSR count). The molecular weight excluding hydrogens is 252 g/mol. The molecule has 1 aromatic heterocycles. The first-order valence-corrected chi connectivity index (χ1v) is 6.70. The number of hydrogen-bond acceptors (Lipinski definition) is 3. The second kappa shape index (κ2) is 6.34. The van der Waals surface area contributed by atoms with Crippen molar-refractivity contribution >= 4 is 5.91 Å². The molecule has 0 atom stereocenters. The summed E-state index contributed by atoms with van der Waals surface area (Å²) in [5.41, 5.74) is 8.52. The van der Waals surface area contributed by atoms with Crippen molar-refractivity contribution in [2.24, 2.45) is 12.8 Å². The molecule has 0 aliphatic heterocycles. The Kier molecular flexibility index (Phi) is 4.53. The predicted octanol–water partition coefficient (Wildman–Crippen LogP) is 1.54. The van der Waals surface area contributed by atoms with Crippen LogP contribution in [0.3, 0.4) is 0 Å². The van der Waals surface area contributed by atoms with Crippen molar-refractivity contribution < 1.29 is 4.79 Å². The van der Waals surface area contributed by atoms with E-state index in [1.165, 1.54) is 0 Å². The molecule has 2 N–H and O–H groups in total. The number of carbonyl (C=O) groups excluding carboxylic acids is 1. The van der Waals surface area contributed by atoms with Gasteiger partial charge in [-0.2, -0.15) is 5.10 Å². The van der Waals surface area contributed by atoms with Crippen molar-refractivity contribution in [3.05, 3.63) is 53.3 Å². The molecule has 0 fully saturated rings. The molecule has 0 radical (unpaired) electrons. The molecular formula is C15H20N4O. The summed E-state index contributed by atoms with van der Waals surface area (Å²) in [6.45, 7) is 3.67. The van der Waals surface area contributed by atoms with E-state index in [4.69, 9.17) is 5.73 Å². The summed E-state index contributed by atoms with van der Waals surface area (Å²) in [6, 6.07) is 7.95. The number of hydrogen-bond donors (Lipinski definition) is 1. The Balaban J connectivity index is 2.18. The topological polar surface area (TPSA) is 64.2 Å². The summed E-state index contributed by atoms with van der Waals surface area (Å²) in [5.74, 6) is -0.00701. The highest BCUT2D eigenvalue weighted by Gasteiger charge is 2.16. The number of nitrogens with zero attached hydrogens (tertiary/aromatic N) is 3. The van der Waals surface area contributed by atoms with Gasteiger partial charge >= 0.3 is 0 Å². The third-order valence-electron chi connectivity index (χ3n) is 3.32. The predicted molar refractivity (Wildman–Crippen MR) is 78.0 cm³/mol. The van der Waals surface area contributed by atoms with E-state index in [2.05, 4.69) is 5.10 Å². The van der Waals surface area contributed by atoms with E-state index in [0.717, 1.165) is 11.1 Å². The monoisotopic (exact) mass is 272 g/mol. The third kappa shape index (κ3) is 3.05. The fourth-order valence-electron chi connectivity index (χ4n) is 2.16. The molecule has 1 aromatic carbocycles. The van der Waals surface area contributed by atoms with Crippen molar-refractivity contribution in [1.29, 1.82) is 0 Å². The van der Waals surface area contributed by atoms with Crippen molar-refractivity contribution in [1.82, 2.24) is 14.7 Å². The van der Waals surface area contributed by atoms with E-state index >= 15 is 0 Å². The van der Waals surface area contributed by atoms with Gasteiger partial charge in [-0.3, -0.25) is 9.48 Å². The standard InChI is InChI=1S/C15H20N4O/c1-3-19(15(20)14-9-17-18(2)10-14)11-13-7-5-4-6-12(13)8-16/h4-7,9-10H,3,8,11,16H2,1-2H3. The van der Waals surface area contributed by atoms with Crippen LogP contribution < -0.4 is 5.73 Å². The van der Waals surface area contributed by atoms with E-state index in [-0.39, 0.29) is 5.91 Å². The number of aromatic nitrogens is 2. The van der Waals surface area contributed by atoms with Crippen LogP contribution >= 0.6 is 0 Å². The fraction of sp³-hybridized carbons (Fsp3) is 0.333. The molecule has 0 bridgehead atoms. The summed E-state index contributed by atoms with van der Waals surface area (Å²) in [4.78, 5) is 14.2. The lowest BCUT2D eigenvalue weighted by Crippen LogP contribution is -2.30. The van der Waals surface area contributed by atoms with Crippen LogP contribution in [0.2, 0.25) is 0 Å². The van der Waals surface area contributed by atoms with Gasteiger partial charge in [-0.15, -0.1) is 0 Å². The van der Waals surface area contributed by atoms with Gasteiger partial charge < -0.3 is 10.6 Å². The Hall–Kier alpha value is -2.14. The molecule has 20 heavy (non-hydrogen) atoms. The number of nitrogens with two attached hydrogens (primary N) is 1. The summed E-state index contributed by atoms with van der Waals surface area (Å²) >= 11 is 0. The number of aryl methyl sites for hydroxylation is 1. The first-order chi connectivity index (χ1) is 9.65. The van der Waals surface area contributed by atoms with E-state index in [1.807, 2.05) is 31.2 Å². The van der Waals surface area contributed by atoms with Crippen LogP contribution in [0.1, 0.15) is 28.4 Å². The number of rotatable bonds is 5. The average molecular weight is 272 g/mol. The van der Waals surface area contributed by atoms with Gasteiger partial charge in [0, 0.05) is 32.9 Å². The number of amides is 1. The molecule has 0 saturated carbocycles. The van der Waals surface area contributed by atoms with Crippen LogP contribution in [0.4, 0.5) is 0 Å². The minimum absolute atomic E-state index is 0.00701. The van der Waals surface area contributed by atoms with Crippen LogP contribution in [-0.2, 0) is 20.1 Å². The van der Waals surface area contributed by atoms with Crippen molar-refractivity contribution in [2.75, 3.05) is 6.54 Å². The molecule has 5 heteroatoms. The Morgan fingerprint density at radius 2 is 2.05 bits per heavy atom. The Morgan fingerprint density at radius 1 is 1.35 bits per heavy atom. The van der Waals surface area contributed by atoms with Crippen LogP contribution in [0.5, 0.6) is 0 Å². The Bertz CT molecular complexity index is 591. The van der Waals surface area contributed by atoms with Crippen molar-refractivity contribution in [3.63, 3.8) is 0 Å². The van der Waals surface area contributed by atoms with Crippen LogP contribution in [-0.4, -0.2) is 27.1 Å². The second-order valence-corrected chi connectivity index (χ2v) is 4.69. The van der Waals surface area contributed by atoms with Crippen LogP contribution in [0, 0.1) is 0 Å². The molecule has 1 heterocycles. The quantitative estimate of drug-likeness (QED) is 0.898. The van der Waals surface area contributed by atoms with Gasteiger partial charge in [-0.1, -0.05) is 24.3 Å². The molecule has 2 aromatic rings. The summed E-state index contributed by atoms with van der Waals surface area (Å²) in [6.07, 6.45) is 3.33. The van der Waals surface area contributed by atoms with Gasteiger partial charge in [0.15, 0.2) is 0 Å². The maximum Gasteiger partial charge on any atom is 0.257 e. The molecule has 0 saturated heterocycles. The largest absolute Gasteiger partial charge is 0.334 e. The lowest BCUT2D eigenvalue weighted by Gasteiger charge is -2.21. The molecule has 0 aliphatic rings. The maximum absolute atomic E-state index is 12.4. The molecule has 106 valence electrons. The highest BCUT2D eigenvalue weighted by atomic mass is 16.2. The highest BCUT2D eigenvalue weighted by molar-refractivity contribution is 5.93. The number of benzene rings is 1. The van der Waals surface area contributed by atoms with Gasteiger partial charge in [0.1, 0.15) is 0 Å². The zero-order valence-electron chi connectivity index (χ0n) is 11.9. The second-order valence-electron chi connectivity index (χ2n) is 4.69. The minimum Gasteiger partial charge on any atom is -0.334 e. The highest BCUT2D eigenvalue weighted by Crippen LogP contribution is 2.13. The average Bonchev–Trinajstić information content (AvgIpc) is 2.91. The van der Waals surface area contributed by atoms with Crippen LogP contribution in [0.15, 0.2) is 36.7 Å². The van der Waals surface area contributed by atoms with E-state index < -0.39 is 0 Å². The van der Waals surface area contributed by atoms with Gasteiger partial charge in [0.2, 0.25) is 0 Å². The molecule has 1 amide bonds. The van der Waals surface area contributed by atoms with Gasteiger partial charge in [-0.05, 0) is 18.1 Å². The van der Waals surface area contributed by atoms with E-state index in [0.29, 0.717) is 25.2 Å². The summed E-state index contributed by atoms with van der Waals surface area (Å²) < 4.78 is 1.63. The molecule has 0 aliphatic carbocycles. The Morgan fingerprint density at radius 3 is 2.60 bits per heavy atom. The van der Waals surface area contributed by atoms with Gasteiger partial charge in [0.25, 0.3) is 5.91 Å². The summed E-state index contributed by atoms with van der Waals surface area (Å²) in [5, 5.41) is 4.04. The third-order valence-corrected chi connectivity index (χ3v) is 3.32. The van der Waals surface area contributed by atoms with E-state index in [1.54, 1.807) is 29.0 Å². The zero-order valence-corrected chi connectivity index (χ0v) is 11.9. The molecule has 5 nitrogen and oxygen atoms in total. The fourth-order valence-corrected chi connectivity index (χ4v) is 2.16. The van der Waals surface area contributed by atoms with Gasteiger partial charge in [-0.25, -0.2) is 0 Å². The van der Waals surface area contributed by atoms with Crippen molar-refractivity contribution in [2.45, 2.75) is 20.0 Å². The molecule has 0 unspecified atom stereocenters. The lowest BCUT2D eigenvalue weighted by atomic mass is 10.1. The minimum atomic E-state index is -0.00701. The van der Waals surface area contributed by atoms with Gasteiger partial charge in [0.05, 0.1) is 11.8 Å².